The van der Waals surface area contributed by atoms with Crippen LogP contribution in [-0.4, -0.2) is 10.9 Å². The second-order valence-electron chi connectivity index (χ2n) is 5.74. The highest BCUT2D eigenvalue weighted by molar-refractivity contribution is 9.10. The van der Waals surface area contributed by atoms with E-state index in [1.165, 1.54) is 0 Å². The molecule has 0 unspecified atom stereocenters. The van der Waals surface area contributed by atoms with Crippen molar-refractivity contribution in [3.63, 3.8) is 0 Å². The lowest BCUT2D eigenvalue weighted by atomic mass is 10.1. The summed E-state index contributed by atoms with van der Waals surface area (Å²) in [4.78, 5) is 16.7. The number of fused-ring (bicyclic) bond motifs is 1. The number of rotatable bonds is 3. The van der Waals surface area contributed by atoms with Crippen molar-refractivity contribution >= 4 is 54.6 Å². The number of oxazole rings is 1. The van der Waals surface area contributed by atoms with Gasteiger partial charge in [-0.2, -0.15) is 0 Å². The first-order valence-electron chi connectivity index (χ1n) is 7.73. The van der Waals surface area contributed by atoms with Crippen LogP contribution < -0.4 is 5.32 Å². The number of benzene rings is 2. The molecule has 7 heteroatoms. The van der Waals surface area contributed by atoms with Crippen LogP contribution in [0.15, 0.2) is 66.5 Å². The van der Waals surface area contributed by atoms with E-state index in [9.17, 15) is 4.79 Å². The number of hydrogen-bond acceptors (Lipinski definition) is 4. The molecule has 0 aliphatic heterocycles. The fourth-order valence-electron chi connectivity index (χ4n) is 2.55. The van der Waals surface area contributed by atoms with Gasteiger partial charge in [-0.3, -0.25) is 4.79 Å². The standard InChI is InChI=1S/C19H12Br2N2O3/c1-10-2-4-13(20)12(8-10)19-23-14-9-11(3-5-15(14)26-19)22-18(24)16-6-7-17(21)25-16/h2-9H,1H3,(H,22,24). The van der Waals surface area contributed by atoms with Gasteiger partial charge in [0.1, 0.15) is 5.52 Å². The lowest BCUT2D eigenvalue weighted by Gasteiger charge is -2.02. The van der Waals surface area contributed by atoms with Crippen molar-refractivity contribution in [1.82, 2.24) is 4.98 Å². The van der Waals surface area contributed by atoms with E-state index in [-0.39, 0.29) is 11.7 Å². The van der Waals surface area contributed by atoms with E-state index < -0.39 is 0 Å². The van der Waals surface area contributed by atoms with Crippen molar-refractivity contribution < 1.29 is 13.6 Å². The van der Waals surface area contributed by atoms with Gasteiger partial charge in [-0.05, 0) is 81.2 Å². The molecule has 0 aliphatic carbocycles. The van der Waals surface area contributed by atoms with Gasteiger partial charge < -0.3 is 14.2 Å². The van der Waals surface area contributed by atoms with Gasteiger partial charge in [-0.15, -0.1) is 0 Å². The number of furan rings is 1. The lowest BCUT2D eigenvalue weighted by Crippen LogP contribution is -2.10. The summed E-state index contributed by atoms with van der Waals surface area (Å²) in [7, 11) is 0. The third kappa shape index (κ3) is 3.32. The van der Waals surface area contributed by atoms with E-state index in [1.807, 2.05) is 25.1 Å². The summed E-state index contributed by atoms with van der Waals surface area (Å²) in [6, 6.07) is 14.6. The Bertz CT molecular complexity index is 1130. The number of amides is 1. The van der Waals surface area contributed by atoms with Crippen LogP contribution in [0.1, 0.15) is 16.1 Å². The Kier molecular flexibility index (Phi) is 4.42. The zero-order valence-corrected chi connectivity index (χ0v) is 16.7. The molecule has 0 atom stereocenters. The first-order chi connectivity index (χ1) is 12.5. The summed E-state index contributed by atoms with van der Waals surface area (Å²) >= 11 is 6.71. The van der Waals surface area contributed by atoms with E-state index in [0.29, 0.717) is 27.3 Å². The summed E-state index contributed by atoms with van der Waals surface area (Å²) in [5.41, 5.74) is 3.91. The van der Waals surface area contributed by atoms with Crippen molar-refractivity contribution in [2.45, 2.75) is 6.92 Å². The molecule has 0 saturated heterocycles. The zero-order valence-electron chi connectivity index (χ0n) is 13.5. The van der Waals surface area contributed by atoms with Crippen LogP contribution in [0, 0.1) is 6.92 Å². The van der Waals surface area contributed by atoms with Crippen LogP contribution in [0.4, 0.5) is 5.69 Å². The summed E-state index contributed by atoms with van der Waals surface area (Å²) < 4.78 is 12.5. The first-order valence-corrected chi connectivity index (χ1v) is 9.32. The fraction of sp³-hybridized carbons (Fsp3) is 0.0526. The molecule has 0 radical (unpaired) electrons. The number of anilines is 1. The molecule has 5 nitrogen and oxygen atoms in total. The number of nitrogens with one attached hydrogen (secondary N) is 1. The van der Waals surface area contributed by atoms with Crippen molar-refractivity contribution in [3.05, 3.63) is 69.0 Å². The number of aromatic nitrogens is 1. The highest BCUT2D eigenvalue weighted by atomic mass is 79.9. The normalized spacial score (nSPS) is 11.0. The van der Waals surface area contributed by atoms with Gasteiger partial charge in [0.15, 0.2) is 16.0 Å². The number of aryl methyl sites for hydroxylation is 1. The fourth-order valence-corrected chi connectivity index (χ4v) is 3.28. The van der Waals surface area contributed by atoms with Crippen LogP contribution in [-0.2, 0) is 0 Å². The quantitative estimate of drug-likeness (QED) is 0.384. The maximum atomic E-state index is 12.2. The van der Waals surface area contributed by atoms with Gasteiger partial charge in [0.05, 0.1) is 5.56 Å². The molecule has 0 spiro atoms. The van der Waals surface area contributed by atoms with Crippen molar-refractivity contribution in [2.24, 2.45) is 0 Å². The molecule has 2 aromatic heterocycles. The molecule has 26 heavy (non-hydrogen) atoms. The molecule has 130 valence electrons. The van der Waals surface area contributed by atoms with E-state index in [0.717, 1.165) is 15.6 Å². The summed E-state index contributed by atoms with van der Waals surface area (Å²) in [6.45, 7) is 2.01. The second-order valence-corrected chi connectivity index (χ2v) is 7.38. The first kappa shape index (κ1) is 17.1. The summed E-state index contributed by atoms with van der Waals surface area (Å²) in [5.74, 6) is 0.413. The Morgan fingerprint density at radius 3 is 2.65 bits per heavy atom. The zero-order chi connectivity index (χ0) is 18.3. The molecule has 4 rings (SSSR count). The van der Waals surface area contributed by atoms with Crippen molar-refractivity contribution in [1.29, 1.82) is 0 Å². The van der Waals surface area contributed by atoms with Crippen LogP contribution in [0.3, 0.4) is 0 Å². The van der Waals surface area contributed by atoms with Gasteiger partial charge in [-0.1, -0.05) is 11.6 Å². The minimum Gasteiger partial charge on any atom is -0.444 e. The summed E-state index contributed by atoms with van der Waals surface area (Å²) in [6.07, 6.45) is 0. The average Bonchev–Trinajstić information content (AvgIpc) is 3.22. The summed E-state index contributed by atoms with van der Waals surface area (Å²) in [5, 5.41) is 2.79. The van der Waals surface area contributed by atoms with Gasteiger partial charge in [0, 0.05) is 10.2 Å². The molecule has 1 N–H and O–H groups in total. The molecule has 2 aromatic carbocycles. The Hall–Kier alpha value is -2.38. The Balaban J connectivity index is 1.65. The van der Waals surface area contributed by atoms with E-state index >= 15 is 0 Å². The Morgan fingerprint density at radius 1 is 1.04 bits per heavy atom. The molecule has 0 aliphatic rings. The van der Waals surface area contributed by atoms with E-state index in [2.05, 4.69) is 42.2 Å². The van der Waals surface area contributed by atoms with Crippen molar-refractivity contribution in [2.75, 3.05) is 5.32 Å². The average molecular weight is 476 g/mol. The Labute approximate surface area is 165 Å². The van der Waals surface area contributed by atoms with Crippen molar-refractivity contribution in [3.8, 4) is 11.5 Å². The predicted octanol–water partition coefficient (Wildman–Crippen LogP) is 6.17. The molecule has 0 saturated carbocycles. The number of halogens is 2. The van der Waals surface area contributed by atoms with Gasteiger partial charge in [0.25, 0.3) is 5.91 Å². The van der Waals surface area contributed by atoms with E-state index in [1.54, 1.807) is 30.3 Å². The Morgan fingerprint density at radius 2 is 1.88 bits per heavy atom. The molecular formula is C19H12Br2N2O3. The monoisotopic (exact) mass is 474 g/mol. The van der Waals surface area contributed by atoms with Crippen LogP contribution in [0.5, 0.6) is 0 Å². The minimum absolute atomic E-state index is 0.224. The molecule has 0 fully saturated rings. The lowest BCUT2D eigenvalue weighted by molar-refractivity contribution is 0.0995. The highest BCUT2D eigenvalue weighted by Gasteiger charge is 2.14. The minimum atomic E-state index is -0.333. The largest absolute Gasteiger partial charge is 0.444 e. The number of nitrogens with zero attached hydrogens (tertiary/aromatic N) is 1. The van der Waals surface area contributed by atoms with Gasteiger partial charge in [0.2, 0.25) is 5.89 Å². The number of carbonyl (C=O) groups is 1. The molecule has 0 bridgehead atoms. The molecule has 1 amide bonds. The molecular weight excluding hydrogens is 464 g/mol. The third-order valence-corrected chi connectivity index (χ3v) is 4.91. The number of carbonyl (C=O) groups excluding carboxylic acids is 1. The van der Waals surface area contributed by atoms with Gasteiger partial charge >= 0.3 is 0 Å². The van der Waals surface area contributed by atoms with Gasteiger partial charge in [-0.25, -0.2) is 4.98 Å². The van der Waals surface area contributed by atoms with Crippen LogP contribution >= 0.6 is 31.9 Å². The predicted molar refractivity (Wildman–Crippen MR) is 106 cm³/mol. The topological polar surface area (TPSA) is 68.3 Å². The smallest absolute Gasteiger partial charge is 0.291 e. The SMILES string of the molecule is Cc1ccc(Br)c(-c2nc3cc(NC(=O)c4ccc(Br)o4)ccc3o2)c1. The second kappa shape index (κ2) is 6.74. The third-order valence-electron chi connectivity index (χ3n) is 3.79. The molecule has 2 heterocycles. The van der Waals surface area contributed by atoms with Crippen LogP contribution in [0.2, 0.25) is 0 Å². The van der Waals surface area contributed by atoms with Crippen LogP contribution in [0.25, 0.3) is 22.6 Å². The maximum Gasteiger partial charge on any atom is 0.291 e. The van der Waals surface area contributed by atoms with E-state index in [4.69, 9.17) is 8.83 Å². The highest BCUT2D eigenvalue weighted by Crippen LogP contribution is 2.32. The number of hydrogen-bond donors (Lipinski definition) is 1. The molecule has 4 aromatic rings. The maximum absolute atomic E-state index is 12.2.